The van der Waals surface area contributed by atoms with Crippen LogP contribution in [0.1, 0.15) is 30.7 Å². The second-order valence-electron chi connectivity index (χ2n) is 5.96. The highest BCUT2D eigenvalue weighted by atomic mass is 32.1. The van der Waals surface area contributed by atoms with E-state index in [9.17, 15) is 15.2 Å². The molecule has 0 aliphatic rings. The van der Waals surface area contributed by atoms with E-state index in [0.29, 0.717) is 13.0 Å². The molecule has 2 rings (SSSR count). The number of nitrogens with one attached hydrogen (secondary N) is 1. The lowest BCUT2D eigenvalue weighted by molar-refractivity contribution is -0.385. The fraction of sp³-hybridized carbons (Fsp3) is 0.412. The van der Waals surface area contributed by atoms with Gasteiger partial charge in [-0.05, 0) is 38.1 Å². The number of nitro benzene ring substituents is 1. The number of aliphatic hydroxyl groups is 1. The second kappa shape index (κ2) is 7.68. The maximum atomic E-state index is 11.0. The summed E-state index contributed by atoms with van der Waals surface area (Å²) in [6, 6.07) is 10.8. The van der Waals surface area contributed by atoms with Gasteiger partial charge in [0.15, 0.2) is 0 Å². The first-order chi connectivity index (χ1) is 10.9. The Kier molecular flexibility index (Phi) is 5.87. The zero-order chi connectivity index (χ0) is 16.9. The van der Waals surface area contributed by atoms with Crippen LogP contribution < -0.4 is 5.32 Å². The predicted octanol–water partition coefficient (Wildman–Crippen LogP) is 3.47. The van der Waals surface area contributed by atoms with Gasteiger partial charge in [-0.3, -0.25) is 10.1 Å². The zero-order valence-corrected chi connectivity index (χ0v) is 14.2. The van der Waals surface area contributed by atoms with E-state index in [0.717, 1.165) is 16.9 Å². The van der Waals surface area contributed by atoms with Gasteiger partial charge in [0.25, 0.3) is 5.69 Å². The summed E-state index contributed by atoms with van der Waals surface area (Å²) in [6.07, 6.45) is 1.40. The molecule has 0 bridgehead atoms. The van der Waals surface area contributed by atoms with Gasteiger partial charge in [0.05, 0.1) is 4.92 Å². The number of hydrogen-bond donors (Lipinski definition) is 2. The van der Waals surface area contributed by atoms with Crippen molar-refractivity contribution >= 4 is 17.0 Å². The van der Waals surface area contributed by atoms with Crippen LogP contribution in [0.4, 0.5) is 5.69 Å². The molecule has 23 heavy (non-hydrogen) atoms. The normalized spacial score (nSPS) is 15.1. The summed E-state index contributed by atoms with van der Waals surface area (Å²) in [7, 11) is 0. The fourth-order valence-electron chi connectivity index (χ4n) is 2.42. The molecule has 0 aliphatic heterocycles. The molecule has 0 amide bonds. The topological polar surface area (TPSA) is 75.4 Å². The largest absolute Gasteiger partial charge is 0.383 e. The molecule has 0 spiro atoms. The van der Waals surface area contributed by atoms with Crippen molar-refractivity contribution in [2.24, 2.45) is 0 Å². The molecule has 0 fully saturated rings. The maximum absolute atomic E-state index is 11.0. The standard InChI is InChI=1S/C17H22N2O3S/c1-13(18-12-17(2,20)16-8-5-11-23-16)9-10-14-6-3-4-7-15(14)19(21)22/h3-8,11,13,18,20H,9-10,12H2,1-2H3. The Labute approximate surface area is 140 Å². The molecule has 124 valence electrons. The highest BCUT2D eigenvalue weighted by Gasteiger charge is 2.24. The molecule has 1 heterocycles. The van der Waals surface area contributed by atoms with Crippen molar-refractivity contribution in [1.82, 2.24) is 5.32 Å². The summed E-state index contributed by atoms with van der Waals surface area (Å²) in [4.78, 5) is 11.6. The van der Waals surface area contributed by atoms with E-state index >= 15 is 0 Å². The minimum Gasteiger partial charge on any atom is -0.383 e. The van der Waals surface area contributed by atoms with Crippen LogP contribution in [-0.2, 0) is 12.0 Å². The summed E-state index contributed by atoms with van der Waals surface area (Å²) < 4.78 is 0. The molecule has 6 heteroatoms. The van der Waals surface area contributed by atoms with Gasteiger partial charge in [0.1, 0.15) is 5.60 Å². The molecule has 0 saturated carbocycles. The molecule has 0 aliphatic carbocycles. The molecule has 0 saturated heterocycles. The number of aryl methyl sites for hydroxylation is 1. The van der Waals surface area contributed by atoms with Crippen molar-refractivity contribution in [3.8, 4) is 0 Å². The van der Waals surface area contributed by atoms with E-state index in [1.165, 1.54) is 17.4 Å². The van der Waals surface area contributed by atoms with Crippen LogP contribution in [0.2, 0.25) is 0 Å². The highest BCUT2D eigenvalue weighted by molar-refractivity contribution is 7.10. The van der Waals surface area contributed by atoms with Crippen LogP contribution in [0.25, 0.3) is 0 Å². The van der Waals surface area contributed by atoms with E-state index in [1.807, 2.05) is 30.5 Å². The van der Waals surface area contributed by atoms with Crippen LogP contribution in [0.15, 0.2) is 41.8 Å². The fourth-order valence-corrected chi connectivity index (χ4v) is 3.21. The molecule has 2 atom stereocenters. The molecule has 1 aromatic heterocycles. The molecular formula is C17H22N2O3S. The Morgan fingerprint density at radius 2 is 2.09 bits per heavy atom. The first kappa shape index (κ1) is 17.6. The van der Waals surface area contributed by atoms with Crippen molar-refractivity contribution in [3.05, 3.63) is 62.3 Å². The summed E-state index contributed by atoms with van der Waals surface area (Å²) in [5.41, 5.74) is 0.0164. The van der Waals surface area contributed by atoms with Gasteiger partial charge >= 0.3 is 0 Å². The van der Waals surface area contributed by atoms with E-state index in [1.54, 1.807) is 19.1 Å². The molecule has 2 aromatic rings. The van der Waals surface area contributed by atoms with Crippen molar-refractivity contribution in [3.63, 3.8) is 0 Å². The Balaban J connectivity index is 1.86. The summed E-state index contributed by atoms with van der Waals surface area (Å²) >= 11 is 1.53. The summed E-state index contributed by atoms with van der Waals surface area (Å²) in [5, 5.41) is 26.8. The Hall–Kier alpha value is -1.76. The van der Waals surface area contributed by atoms with Crippen LogP contribution >= 0.6 is 11.3 Å². The van der Waals surface area contributed by atoms with Crippen LogP contribution in [0.5, 0.6) is 0 Å². The van der Waals surface area contributed by atoms with Crippen LogP contribution in [-0.4, -0.2) is 22.6 Å². The molecular weight excluding hydrogens is 312 g/mol. The van der Waals surface area contributed by atoms with E-state index in [4.69, 9.17) is 0 Å². The van der Waals surface area contributed by atoms with Gasteiger partial charge in [-0.15, -0.1) is 11.3 Å². The number of rotatable bonds is 8. The van der Waals surface area contributed by atoms with Crippen molar-refractivity contribution in [2.75, 3.05) is 6.54 Å². The number of thiophene rings is 1. The average Bonchev–Trinajstić information content (AvgIpc) is 3.06. The quantitative estimate of drug-likeness (QED) is 0.572. The molecule has 2 unspecified atom stereocenters. The minimum atomic E-state index is -0.902. The second-order valence-corrected chi connectivity index (χ2v) is 6.91. The Morgan fingerprint density at radius 1 is 1.35 bits per heavy atom. The lowest BCUT2D eigenvalue weighted by Crippen LogP contribution is -2.39. The minimum absolute atomic E-state index is 0.154. The van der Waals surface area contributed by atoms with Crippen LogP contribution in [0, 0.1) is 10.1 Å². The van der Waals surface area contributed by atoms with Crippen LogP contribution in [0.3, 0.4) is 0 Å². The maximum Gasteiger partial charge on any atom is 0.272 e. The van der Waals surface area contributed by atoms with Gasteiger partial charge in [0, 0.05) is 29.1 Å². The molecule has 0 radical (unpaired) electrons. The van der Waals surface area contributed by atoms with Crippen molar-refractivity contribution in [2.45, 2.75) is 38.3 Å². The Morgan fingerprint density at radius 3 is 2.74 bits per heavy atom. The summed E-state index contributed by atoms with van der Waals surface area (Å²) in [6.45, 7) is 4.27. The molecule has 2 N–H and O–H groups in total. The zero-order valence-electron chi connectivity index (χ0n) is 13.4. The third kappa shape index (κ3) is 4.86. The third-order valence-electron chi connectivity index (χ3n) is 3.88. The number of nitrogens with zero attached hydrogens (tertiary/aromatic N) is 1. The molecule has 1 aromatic carbocycles. The highest BCUT2D eigenvalue weighted by Crippen LogP contribution is 2.25. The van der Waals surface area contributed by atoms with Gasteiger partial charge in [-0.25, -0.2) is 0 Å². The SMILES string of the molecule is CC(CCc1ccccc1[N+](=O)[O-])NCC(C)(O)c1cccs1. The number of hydrogen-bond acceptors (Lipinski definition) is 5. The van der Waals surface area contributed by atoms with Gasteiger partial charge in [0.2, 0.25) is 0 Å². The smallest absolute Gasteiger partial charge is 0.272 e. The Bertz CT molecular complexity index is 641. The first-order valence-electron chi connectivity index (χ1n) is 7.62. The average molecular weight is 334 g/mol. The van der Waals surface area contributed by atoms with E-state index in [2.05, 4.69) is 5.32 Å². The van der Waals surface area contributed by atoms with Gasteiger partial charge < -0.3 is 10.4 Å². The van der Waals surface area contributed by atoms with Crippen molar-refractivity contribution in [1.29, 1.82) is 0 Å². The monoisotopic (exact) mass is 334 g/mol. The lowest BCUT2D eigenvalue weighted by atomic mass is 10.0. The lowest BCUT2D eigenvalue weighted by Gasteiger charge is -2.25. The number of para-hydroxylation sites is 1. The van der Waals surface area contributed by atoms with Crippen molar-refractivity contribution < 1.29 is 10.0 Å². The van der Waals surface area contributed by atoms with Gasteiger partial charge in [-0.2, -0.15) is 0 Å². The first-order valence-corrected chi connectivity index (χ1v) is 8.50. The van der Waals surface area contributed by atoms with E-state index < -0.39 is 5.60 Å². The number of benzene rings is 1. The number of nitro groups is 1. The summed E-state index contributed by atoms with van der Waals surface area (Å²) in [5.74, 6) is 0. The van der Waals surface area contributed by atoms with E-state index in [-0.39, 0.29) is 16.7 Å². The third-order valence-corrected chi connectivity index (χ3v) is 5.00. The predicted molar refractivity (Wildman–Crippen MR) is 92.8 cm³/mol. The molecule has 5 nitrogen and oxygen atoms in total. The van der Waals surface area contributed by atoms with Gasteiger partial charge in [-0.1, -0.05) is 24.3 Å².